The minimum absolute atomic E-state index is 0. The first kappa shape index (κ1) is 16.4. The molecule has 1 aliphatic rings. The number of nitrogens with zero attached hydrogens (tertiary/aromatic N) is 2. The van der Waals surface area contributed by atoms with Crippen LogP contribution in [0.3, 0.4) is 0 Å². The van der Waals surface area contributed by atoms with Crippen LogP contribution in [0.1, 0.15) is 38.8 Å². The van der Waals surface area contributed by atoms with Gasteiger partial charge in [0.2, 0.25) is 0 Å². The highest BCUT2D eigenvalue weighted by molar-refractivity contribution is 5.85. The van der Waals surface area contributed by atoms with Gasteiger partial charge < -0.3 is 5.32 Å². The first-order valence-electron chi connectivity index (χ1n) is 6.91. The Morgan fingerprint density at radius 3 is 2.84 bits per heavy atom. The molecule has 1 N–H and O–H groups in total. The van der Waals surface area contributed by atoms with Crippen LogP contribution >= 0.6 is 12.4 Å². The van der Waals surface area contributed by atoms with E-state index in [9.17, 15) is 0 Å². The van der Waals surface area contributed by atoms with Crippen LogP contribution in [-0.2, 0) is 0 Å². The molecule has 0 spiro atoms. The summed E-state index contributed by atoms with van der Waals surface area (Å²) in [6, 6.07) is 4.70. The third-order valence-corrected chi connectivity index (χ3v) is 3.57. The molecule has 19 heavy (non-hydrogen) atoms. The molecule has 1 aromatic rings. The summed E-state index contributed by atoms with van der Waals surface area (Å²) in [4.78, 5) is 6.84. The summed E-state index contributed by atoms with van der Waals surface area (Å²) in [5.74, 6) is 0. The molecule has 1 unspecified atom stereocenters. The van der Waals surface area contributed by atoms with Crippen molar-refractivity contribution in [2.24, 2.45) is 5.41 Å². The Balaban J connectivity index is 0.00000180. The van der Waals surface area contributed by atoms with E-state index in [4.69, 9.17) is 0 Å². The second kappa shape index (κ2) is 7.22. The van der Waals surface area contributed by atoms with Crippen molar-refractivity contribution in [3.05, 3.63) is 30.1 Å². The summed E-state index contributed by atoms with van der Waals surface area (Å²) in [5, 5.41) is 3.49. The number of halogens is 1. The van der Waals surface area contributed by atoms with Crippen LogP contribution in [0.15, 0.2) is 24.5 Å². The van der Waals surface area contributed by atoms with E-state index < -0.39 is 0 Å². The van der Waals surface area contributed by atoms with Crippen LogP contribution < -0.4 is 5.32 Å². The van der Waals surface area contributed by atoms with Gasteiger partial charge in [-0.25, -0.2) is 0 Å². The Bertz CT molecular complexity index is 361. The topological polar surface area (TPSA) is 28.2 Å². The van der Waals surface area contributed by atoms with Gasteiger partial charge in [0, 0.05) is 38.1 Å². The van der Waals surface area contributed by atoms with E-state index in [0.717, 1.165) is 19.6 Å². The molecule has 3 nitrogen and oxygen atoms in total. The van der Waals surface area contributed by atoms with E-state index >= 15 is 0 Å². The molecule has 2 rings (SSSR count). The predicted molar refractivity (Wildman–Crippen MR) is 82.7 cm³/mol. The molecule has 4 heteroatoms. The van der Waals surface area contributed by atoms with Crippen LogP contribution in [0, 0.1) is 5.41 Å². The normalized spacial score (nSPS) is 20.9. The minimum atomic E-state index is 0. The molecule has 1 atom stereocenters. The second-order valence-corrected chi connectivity index (χ2v) is 6.35. The number of rotatable bonds is 3. The number of aromatic nitrogens is 1. The number of piperazine rings is 1. The minimum Gasteiger partial charge on any atom is -0.314 e. The molecule has 1 aliphatic heterocycles. The highest BCUT2D eigenvalue weighted by atomic mass is 35.5. The maximum absolute atomic E-state index is 4.25. The van der Waals surface area contributed by atoms with Crippen molar-refractivity contribution < 1.29 is 0 Å². The Labute approximate surface area is 123 Å². The molecule has 1 saturated heterocycles. The van der Waals surface area contributed by atoms with E-state index in [0.29, 0.717) is 11.5 Å². The highest BCUT2D eigenvalue weighted by Crippen LogP contribution is 2.25. The van der Waals surface area contributed by atoms with Crippen molar-refractivity contribution in [3.8, 4) is 0 Å². The predicted octanol–water partition coefficient (Wildman–Crippen LogP) is 2.89. The summed E-state index contributed by atoms with van der Waals surface area (Å²) >= 11 is 0. The molecule has 0 aromatic carbocycles. The zero-order valence-electron chi connectivity index (χ0n) is 12.2. The fourth-order valence-corrected chi connectivity index (χ4v) is 2.39. The second-order valence-electron chi connectivity index (χ2n) is 6.35. The summed E-state index contributed by atoms with van der Waals surface area (Å²) in [5.41, 5.74) is 1.74. The average molecular weight is 284 g/mol. The number of hydrogen-bond donors (Lipinski definition) is 1. The van der Waals surface area contributed by atoms with Gasteiger partial charge in [0.1, 0.15) is 0 Å². The SMILES string of the molecule is CC(C)(C)CCN1CCNCC1c1cccnc1.Cl. The lowest BCUT2D eigenvalue weighted by molar-refractivity contribution is 0.141. The van der Waals surface area contributed by atoms with E-state index in [1.807, 2.05) is 18.5 Å². The number of pyridine rings is 1. The van der Waals surface area contributed by atoms with Gasteiger partial charge in [-0.05, 0) is 30.0 Å². The van der Waals surface area contributed by atoms with E-state index in [-0.39, 0.29) is 12.4 Å². The molecule has 0 radical (unpaired) electrons. The van der Waals surface area contributed by atoms with Crippen molar-refractivity contribution >= 4 is 12.4 Å². The van der Waals surface area contributed by atoms with Crippen molar-refractivity contribution in [2.75, 3.05) is 26.2 Å². The Hall–Kier alpha value is -0.640. The molecule has 1 aromatic heterocycles. The molecule has 0 bridgehead atoms. The van der Waals surface area contributed by atoms with Gasteiger partial charge in [-0.15, -0.1) is 12.4 Å². The Morgan fingerprint density at radius 2 is 2.21 bits per heavy atom. The standard InChI is InChI=1S/C15H25N3.ClH/c1-15(2,3)6-9-18-10-8-17-12-14(18)13-5-4-7-16-11-13;/h4-5,7,11,14,17H,6,8-10,12H2,1-3H3;1H. The van der Waals surface area contributed by atoms with Crippen LogP contribution in [0.25, 0.3) is 0 Å². The van der Waals surface area contributed by atoms with Crippen LogP contribution in [0.5, 0.6) is 0 Å². The van der Waals surface area contributed by atoms with Crippen LogP contribution in [0.2, 0.25) is 0 Å². The Morgan fingerprint density at radius 1 is 1.42 bits per heavy atom. The van der Waals surface area contributed by atoms with Crippen molar-refractivity contribution in [3.63, 3.8) is 0 Å². The molecule has 0 aliphatic carbocycles. The molecule has 1 fully saturated rings. The summed E-state index contributed by atoms with van der Waals surface area (Å²) in [6.07, 6.45) is 5.09. The largest absolute Gasteiger partial charge is 0.314 e. The summed E-state index contributed by atoms with van der Waals surface area (Å²) in [7, 11) is 0. The molecule has 0 amide bonds. The van der Waals surface area contributed by atoms with Crippen molar-refractivity contribution in [1.82, 2.24) is 15.2 Å². The summed E-state index contributed by atoms with van der Waals surface area (Å²) in [6.45, 7) is 11.4. The van der Waals surface area contributed by atoms with Crippen molar-refractivity contribution in [1.29, 1.82) is 0 Å². The number of nitrogens with one attached hydrogen (secondary N) is 1. The van der Waals surface area contributed by atoms with Gasteiger partial charge >= 0.3 is 0 Å². The third-order valence-electron chi connectivity index (χ3n) is 3.57. The lowest BCUT2D eigenvalue weighted by Gasteiger charge is -2.37. The van der Waals surface area contributed by atoms with Gasteiger partial charge in [0.25, 0.3) is 0 Å². The first-order valence-corrected chi connectivity index (χ1v) is 6.91. The third kappa shape index (κ3) is 5.09. The Kier molecular flexibility index (Phi) is 6.24. The van der Waals surface area contributed by atoms with Gasteiger partial charge in [0.05, 0.1) is 0 Å². The monoisotopic (exact) mass is 283 g/mol. The maximum atomic E-state index is 4.25. The smallest absolute Gasteiger partial charge is 0.0488 e. The number of hydrogen-bond acceptors (Lipinski definition) is 3. The van der Waals surface area contributed by atoms with E-state index in [2.05, 4.69) is 42.0 Å². The average Bonchev–Trinajstić information content (AvgIpc) is 2.37. The fourth-order valence-electron chi connectivity index (χ4n) is 2.39. The van der Waals surface area contributed by atoms with Gasteiger partial charge in [-0.3, -0.25) is 9.88 Å². The zero-order valence-corrected chi connectivity index (χ0v) is 13.0. The fraction of sp³-hybridized carbons (Fsp3) is 0.667. The molecular weight excluding hydrogens is 258 g/mol. The zero-order chi connectivity index (χ0) is 13.0. The maximum Gasteiger partial charge on any atom is 0.0488 e. The lowest BCUT2D eigenvalue weighted by atomic mass is 9.91. The lowest BCUT2D eigenvalue weighted by Crippen LogP contribution is -2.46. The molecule has 0 saturated carbocycles. The van der Waals surface area contributed by atoms with Crippen LogP contribution in [-0.4, -0.2) is 36.1 Å². The molecule has 2 heterocycles. The van der Waals surface area contributed by atoms with Gasteiger partial charge in [-0.2, -0.15) is 0 Å². The van der Waals surface area contributed by atoms with Crippen LogP contribution in [0.4, 0.5) is 0 Å². The van der Waals surface area contributed by atoms with Gasteiger partial charge in [0.15, 0.2) is 0 Å². The molecule has 108 valence electrons. The van der Waals surface area contributed by atoms with Crippen molar-refractivity contribution in [2.45, 2.75) is 33.2 Å². The molecular formula is C15H26ClN3. The highest BCUT2D eigenvalue weighted by Gasteiger charge is 2.24. The van der Waals surface area contributed by atoms with E-state index in [1.165, 1.54) is 18.5 Å². The van der Waals surface area contributed by atoms with Gasteiger partial charge in [-0.1, -0.05) is 26.8 Å². The van der Waals surface area contributed by atoms with E-state index in [1.54, 1.807) is 0 Å². The first-order chi connectivity index (χ1) is 8.56. The quantitative estimate of drug-likeness (QED) is 0.925. The summed E-state index contributed by atoms with van der Waals surface area (Å²) < 4.78 is 0.